The molecule has 1 unspecified atom stereocenters. The maximum Gasteiger partial charge on any atom is 0.472 e. The lowest BCUT2D eigenvalue weighted by Gasteiger charge is -2.24. The number of carbonyl (C=O) groups is 2. The van der Waals surface area contributed by atoms with Crippen molar-refractivity contribution in [1.82, 2.24) is 0 Å². The normalized spacial score (nSPS) is 14.0. The van der Waals surface area contributed by atoms with Gasteiger partial charge in [-0.25, -0.2) is 4.57 Å². The van der Waals surface area contributed by atoms with E-state index in [1.54, 1.807) is 0 Å². The predicted molar refractivity (Wildman–Crippen MR) is 224 cm³/mol. The molecule has 0 rings (SSSR count). The second kappa shape index (κ2) is 36.8. The van der Waals surface area contributed by atoms with Crippen molar-refractivity contribution in [3.8, 4) is 0 Å². The minimum absolute atomic E-state index is 0.0259. The Kier molecular flexibility index (Phi) is 35.6. The van der Waals surface area contributed by atoms with Crippen LogP contribution in [0.1, 0.15) is 181 Å². The van der Waals surface area contributed by atoms with Crippen LogP contribution in [-0.4, -0.2) is 74.9 Å². The first-order valence-electron chi connectivity index (χ1n) is 21.7. The molecule has 9 nitrogen and oxygen atoms in total. The van der Waals surface area contributed by atoms with E-state index in [9.17, 15) is 19.0 Å². The lowest BCUT2D eigenvalue weighted by atomic mass is 10.1. The van der Waals surface area contributed by atoms with Crippen LogP contribution in [-0.2, 0) is 32.7 Å². The van der Waals surface area contributed by atoms with Crippen LogP contribution in [0.4, 0.5) is 0 Å². The molecule has 0 saturated heterocycles. The van der Waals surface area contributed by atoms with E-state index >= 15 is 0 Å². The lowest BCUT2D eigenvalue weighted by Crippen LogP contribution is -2.37. The number of hydrogen-bond donors (Lipinski definition) is 1. The maximum absolute atomic E-state index is 12.7. The number of likely N-dealkylation sites (N-methyl/N-ethyl adjacent to an activating group) is 1. The van der Waals surface area contributed by atoms with Crippen LogP contribution in [0.5, 0.6) is 0 Å². The van der Waals surface area contributed by atoms with Crippen molar-refractivity contribution in [2.75, 3.05) is 47.5 Å². The monoisotopic (exact) mass is 785 g/mol. The Labute approximate surface area is 331 Å². The molecule has 0 saturated carbocycles. The summed E-state index contributed by atoms with van der Waals surface area (Å²) in [5.74, 6) is -0.841. The van der Waals surface area contributed by atoms with Gasteiger partial charge < -0.3 is 18.9 Å². The number of rotatable bonds is 39. The Bertz CT molecular complexity index is 1020. The Hall–Kier alpha value is -1.77. The quantitative estimate of drug-likeness (QED) is 0.0216. The molecule has 316 valence electrons. The van der Waals surface area contributed by atoms with Crippen molar-refractivity contribution in [2.24, 2.45) is 0 Å². The van der Waals surface area contributed by atoms with E-state index in [0.717, 1.165) is 51.4 Å². The predicted octanol–water partition coefficient (Wildman–Crippen LogP) is 12.1. The highest BCUT2D eigenvalue weighted by molar-refractivity contribution is 7.47. The number of phosphoric ester groups is 1. The molecule has 0 spiro atoms. The molecule has 0 aliphatic heterocycles. The number of nitrogens with zero attached hydrogens (tertiary/aromatic N) is 1. The lowest BCUT2D eigenvalue weighted by molar-refractivity contribution is -0.870. The minimum atomic E-state index is -4.38. The van der Waals surface area contributed by atoms with Gasteiger partial charge in [0.05, 0.1) is 27.7 Å². The van der Waals surface area contributed by atoms with Gasteiger partial charge in [-0.15, -0.1) is 0 Å². The molecule has 0 amide bonds. The van der Waals surface area contributed by atoms with Crippen LogP contribution in [0, 0.1) is 0 Å². The molecular formula is C44H83NO8P+. The summed E-state index contributed by atoms with van der Waals surface area (Å²) in [6.07, 6.45) is 40.5. The number of unbranched alkanes of at least 4 members (excludes halogenated alkanes) is 19. The van der Waals surface area contributed by atoms with Crippen molar-refractivity contribution >= 4 is 19.8 Å². The third-order valence-electron chi connectivity index (χ3n) is 9.14. The van der Waals surface area contributed by atoms with Crippen molar-refractivity contribution < 1.29 is 42.1 Å². The SMILES string of the molecule is CCCCCC/C=C/CCCCCCCCCC(=O)O[C@H](COC(=O)CCCC/C=C/C/C=C/CCCCCCCC)COP(=O)(O)OCC[N+](C)(C)C. The van der Waals surface area contributed by atoms with Crippen LogP contribution >= 0.6 is 7.82 Å². The Morgan fingerprint density at radius 3 is 1.54 bits per heavy atom. The number of quaternary nitrogens is 1. The maximum atomic E-state index is 12.7. The number of carbonyl (C=O) groups excluding carboxylic acids is 2. The van der Waals surface area contributed by atoms with Gasteiger partial charge in [-0.1, -0.05) is 134 Å². The third-order valence-corrected chi connectivity index (χ3v) is 10.1. The van der Waals surface area contributed by atoms with Crippen LogP contribution < -0.4 is 0 Å². The first kappa shape index (κ1) is 52.2. The van der Waals surface area contributed by atoms with Gasteiger partial charge in [0, 0.05) is 12.8 Å². The smallest absolute Gasteiger partial charge is 0.462 e. The van der Waals surface area contributed by atoms with Crippen molar-refractivity contribution in [3.05, 3.63) is 36.5 Å². The summed E-state index contributed by atoms with van der Waals surface area (Å²) in [6, 6.07) is 0. The standard InChI is InChI=1S/C44H82NO8P/c1-6-8-10-12-14-16-18-20-22-24-26-28-30-32-34-36-43(46)50-40-42(41-52-54(48,49)51-39-38-45(3,4)5)53-44(47)37-35-33-31-29-27-25-23-21-19-17-15-13-11-9-7-2/h17,19-20,22,26,28,42H,6-16,18,21,23-25,27,29-41H2,1-5H3/p+1/b19-17+,22-20+,28-26+/t42-/m1/s1. The number of allylic oxidation sites excluding steroid dienone is 6. The topological polar surface area (TPSA) is 108 Å². The molecule has 1 N–H and O–H groups in total. The van der Waals surface area contributed by atoms with Gasteiger partial charge in [0.15, 0.2) is 6.10 Å². The fourth-order valence-corrected chi connectivity index (χ4v) is 6.43. The highest BCUT2D eigenvalue weighted by atomic mass is 31.2. The molecule has 10 heteroatoms. The van der Waals surface area contributed by atoms with E-state index in [2.05, 4.69) is 50.3 Å². The van der Waals surface area contributed by atoms with Crippen LogP contribution in [0.2, 0.25) is 0 Å². The summed E-state index contributed by atoms with van der Waals surface area (Å²) in [5.41, 5.74) is 0. The van der Waals surface area contributed by atoms with Gasteiger partial charge in [-0.2, -0.15) is 0 Å². The van der Waals surface area contributed by atoms with Gasteiger partial charge in [0.2, 0.25) is 0 Å². The molecule has 0 fully saturated rings. The number of esters is 2. The first-order valence-corrected chi connectivity index (χ1v) is 23.2. The van der Waals surface area contributed by atoms with Crippen molar-refractivity contribution in [3.63, 3.8) is 0 Å². The zero-order valence-corrected chi connectivity index (χ0v) is 36.3. The van der Waals surface area contributed by atoms with Crippen LogP contribution in [0.3, 0.4) is 0 Å². The van der Waals surface area contributed by atoms with Crippen molar-refractivity contribution in [2.45, 2.75) is 187 Å². The summed E-state index contributed by atoms with van der Waals surface area (Å²) in [5, 5.41) is 0. The molecule has 0 aliphatic rings. The summed E-state index contributed by atoms with van der Waals surface area (Å²) in [7, 11) is 1.46. The molecule has 0 aromatic carbocycles. The minimum Gasteiger partial charge on any atom is -0.462 e. The zero-order valence-electron chi connectivity index (χ0n) is 35.5. The number of ether oxygens (including phenoxy) is 2. The van der Waals surface area contributed by atoms with Gasteiger partial charge in [0.1, 0.15) is 19.8 Å². The Morgan fingerprint density at radius 2 is 1.00 bits per heavy atom. The zero-order chi connectivity index (χ0) is 40.0. The molecule has 0 heterocycles. The van der Waals surface area contributed by atoms with E-state index in [4.69, 9.17) is 18.5 Å². The molecule has 0 radical (unpaired) electrons. The van der Waals surface area contributed by atoms with Crippen LogP contribution in [0.25, 0.3) is 0 Å². The van der Waals surface area contributed by atoms with E-state index in [1.165, 1.54) is 89.9 Å². The van der Waals surface area contributed by atoms with Crippen LogP contribution in [0.15, 0.2) is 36.5 Å². The van der Waals surface area contributed by atoms with E-state index in [1.807, 2.05) is 21.1 Å². The van der Waals surface area contributed by atoms with E-state index < -0.39 is 32.5 Å². The molecule has 0 aromatic heterocycles. The van der Waals surface area contributed by atoms with E-state index in [0.29, 0.717) is 23.9 Å². The summed E-state index contributed by atoms with van der Waals surface area (Å²) >= 11 is 0. The number of hydrogen-bond acceptors (Lipinski definition) is 7. The first-order chi connectivity index (χ1) is 26.0. The average molecular weight is 785 g/mol. The largest absolute Gasteiger partial charge is 0.472 e. The molecular weight excluding hydrogens is 701 g/mol. The number of phosphoric acid groups is 1. The summed E-state index contributed by atoms with van der Waals surface area (Å²) < 4.78 is 34.2. The van der Waals surface area contributed by atoms with Gasteiger partial charge in [-0.05, 0) is 70.6 Å². The Balaban J connectivity index is 4.43. The fraction of sp³-hybridized carbons (Fsp3) is 0.818. The molecule has 2 atom stereocenters. The third kappa shape index (κ3) is 39.9. The van der Waals surface area contributed by atoms with Gasteiger partial charge >= 0.3 is 19.8 Å². The molecule has 54 heavy (non-hydrogen) atoms. The van der Waals surface area contributed by atoms with Gasteiger partial charge in [0.25, 0.3) is 0 Å². The second-order valence-electron chi connectivity index (χ2n) is 15.7. The average Bonchev–Trinajstić information content (AvgIpc) is 3.12. The van der Waals surface area contributed by atoms with Gasteiger partial charge in [-0.3, -0.25) is 18.6 Å². The highest BCUT2D eigenvalue weighted by Gasteiger charge is 2.27. The molecule has 0 aromatic rings. The van der Waals surface area contributed by atoms with Crippen molar-refractivity contribution in [1.29, 1.82) is 0 Å². The summed E-state index contributed by atoms with van der Waals surface area (Å²) in [6.45, 7) is 4.36. The summed E-state index contributed by atoms with van der Waals surface area (Å²) in [4.78, 5) is 35.3. The van der Waals surface area contributed by atoms with E-state index in [-0.39, 0.29) is 26.1 Å². The Morgan fingerprint density at radius 1 is 0.574 bits per heavy atom. The second-order valence-corrected chi connectivity index (χ2v) is 17.2. The molecule has 0 bridgehead atoms. The fourth-order valence-electron chi connectivity index (χ4n) is 5.68. The molecule has 0 aliphatic carbocycles. The highest BCUT2D eigenvalue weighted by Crippen LogP contribution is 2.43.